The lowest BCUT2D eigenvalue weighted by Crippen LogP contribution is -2.27. The minimum atomic E-state index is -0.00891. The Balaban J connectivity index is 0.903. The van der Waals surface area contributed by atoms with Gasteiger partial charge in [0.15, 0.2) is 5.43 Å². The van der Waals surface area contributed by atoms with Crippen molar-refractivity contribution >= 4 is 0 Å². The largest absolute Gasteiger partial charge is 0.361 e. The fourth-order valence-corrected chi connectivity index (χ4v) is 8.40. The summed E-state index contributed by atoms with van der Waals surface area (Å²) in [7, 11) is 0. The number of benzene rings is 7. The number of imidazole rings is 2. The Morgan fingerprint density at radius 1 is 0.413 bits per heavy atom. The van der Waals surface area contributed by atoms with Gasteiger partial charge in [0, 0.05) is 24.0 Å². The molecule has 6 heteroatoms. The van der Waals surface area contributed by atoms with Crippen molar-refractivity contribution in [3.63, 3.8) is 0 Å². The molecular weight excluding hydrogens is 771 g/mol. The molecule has 3 aromatic heterocycles. The highest BCUT2D eigenvalue weighted by Crippen LogP contribution is 2.34. The van der Waals surface area contributed by atoms with E-state index < -0.39 is 0 Å². The number of H-pyrrole nitrogens is 1. The maximum atomic E-state index is 12.1. The molecule has 0 atom stereocenters. The molecule has 0 unspecified atom stereocenters. The molecule has 1 N–H and O–H groups in total. The molecule has 10 rings (SSSR count). The van der Waals surface area contributed by atoms with Crippen LogP contribution in [-0.2, 0) is 25.7 Å². The van der Waals surface area contributed by atoms with Gasteiger partial charge in [-0.15, -0.1) is 0 Å². The molecule has 0 amide bonds. The van der Waals surface area contributed by atoms with E-state index in [1.807, 2.05) is 12.1 Å². The van der Waals surface area contributed by atoms with Gasteiger partial charge in [-0.05, 0) is 124 Å². The Morgan fingerprint density at radius 3 is 1.38 bits per heavy atom. The van der Waals surface area contributed by atoms with Crippen LogP contribution in [0, 0.1) is 0 Å². The van der Waals surface area contributed by atoms with Crippen molar-refractivity contribution in [1.82, 2.24) is 14.1 Å². The number of rotatable bonds is 13. The van der Waals surface area contributed by atoms with E-state index in [1.54, 1.807) is 18.3 Å². The summed E-state index contributed by atoms with van der Waals surface area (Å²) in [5.74, 6) is 0. The second kappa shape index (κ2) is 17.9. The number of para-hydroxylation sites is 2. The quantitative estimate of drug-likeness (QED) is 0.116. The summed E-state index contributed by atoms with van der Waals surface area (Å²) in [6.07, 6.45) is 18.1. The zero-order valence-electron chi connectivity index (χ0n) is 35.0. The zero-order valence-corrected chi connectivity index (χ0v) is 35.0. The average molecular weight is 818 g/mol. The van der Waals surface area contributed by atoms with Gasteiger partial charge in [-0.25, -0.2) is 18.3 Å². The molecule has 0 bridgehead atoms. The van der Waals surface area contributed by atoms with Crippen LogP contribution in [0.15, 0.2) is 236 Å². The molecule has 304 valence electrons. The van der Waals surface area contributed by atoms with Gasteiger partial charge in [-0.2, -0.15) is 0 Å². The van der Waals surface area contributed by atoms with Crippen molar-refractivity contribution in [2.75, 3.05) is 0 Å². The topological polar surface area (TPSA) is 50.5 Å². The monoisotopic (exact) mass is 817 g/mol. The first-order chi connectivity index (χ1) is 31.1. The number of nitrogens with zero attached hydrogens (tertiary/aromatic N) is 4. The highest BCUT2D eigenvalue weighted by Gasteiger charge is 2.14. The summed E-state index contributed by atoms with van der Waals surface area (Å²) in [4.78, 5) is 15.3. The summed E-state index contributed by atoms with van der Waals surface area (Å²) in [6.45, 7) is 0. The van der Waals surface area contributed by atoms with E-state index in [4.69, 9.17) is 0 Å². The van der Waals surface area contributed by atoms with Gasteiger partial charge < -0.3 is 4.98 Å². The molecule has 0 spiro atoms. The van der Waals surface area contributed by atoms with Crippen molar-refractivity contribution < 1.29 is 9.13 Å². The summed E-state index contributed by atoms with van der Waals surface area (Å²) in [6, 6.07) is 66.2. The van der Waals surface area contributed by atoms with Crippen molar-refractivity contribution in [2.45, 2.75) is 25.7 Å². The maximum Gasteiger partial charge on any atom is 0.254 e. The van der Waals surface area contributed by atoms with E-state index in [1.165, 1.54) is 38.9 Å². The van der Waals surface area contributed by atoms with E-state index in [0.717, 1.165) is 65.3 Å². The molecule has 3 heterocycles. The number of hydrogen-bond donors (Lipinski definition) is 1. The first kappa shape index (κ1) is 39.1. The lowest BCUT2D eigenvalue weighted by molar-refractivity contribution is -0.595. The Kier molecular flexibility index (Phi) is 11.1. The smallest absolute Gasteiger partial charge is 0.254 e. The summed E-state index contributed by atoms with van der Waals surface area (Å²) < 4.78 is 8.60. The summed E-state index contributed by atoms with van der Waals surface area (Å²) in [5.41, 5.74) is 16.3. The predicted molar refractivity (Wildman–Crippen MR) is 253 cm³/mol. The van der Waals surface area contributed by atoms with Crippen LogP contribution in [0.25, 0.3) is 56.3 Å². The van der Waals surface area contributed by atoms with Crippen molar-refractivity contribution in [3.8, 4) is 56.3 Å². The van der Waals surface area contributed by atoms with Crippen LogP contribution in [0.3, 0.4) is 0 Å². The third kappa shape index (κ3) is 9.02. The minimum Gasteiger partial charge on any atom is -0.361 e. The zero-order chi connectivity index (χ0) is 42.4. The second-order valence-electron chi connectivity index (χ2n) is 16.1. The molecule has 6 nitrogen and oxygen atoms in total. The SMILES string of the molecule is O=c1cc[nH]c(-c2ccc(-c3ccccc3-c3cc(CCc4ccc(-[n+]5ccn(-c6ccccc6)c5)cc4)cc(CCc4ccc(-[n+]5ccn(-c6ccccc6)c5)cc4)c3)cc2)c1. The number of aryl methyl sites for hydroxylation is 4. The van der Waals surface area contributed by atoms with Gasteiger partial charge in [0.2, 0.25) is 0 Å². The normalized spacial score (nSPS) is 11.2. The Labute approximate surface area is 367 Å². The molecule has 0 radical (unpaired) electrons. The van der Waals surface area contributed by atoms with Crippen molar-refractivity contribution in [1.29, 1.82) is 0 Å². The summed E-state index contributed by atoms with van der Waals surface area (Å²) in [5, 5.41) is 0. The number of aromatic amines is 1. The van der Waals surface area contributed by atoms with Crippen LogP contribution in [0.2, 0.25) is 0 Å². The van der Waals surface area contributed by atoms with Crippen LogP contribution in [-0.4, -0.2) is 14.1 Å². The van der Waals surface area contributed by atoms with Gasteiger partial charge in [0.05, 0.1) is 0 Å². The van der Waals surface area contributed by atoms with Gasteiger partial charge in [-0.3, -0.25) is 4.79 Å². The Hall–Kier alpha value is -8.09. The van der Waals surface area contributed by atoms with Crippen LogP contribution < -0.4 is 14.6 Å². The summed E-state index contributed by atoms with van der Waals surface area (Å²) >= 11 is 0. The van der Waals surface area contributed by atoms with Crippen LogP contribution >= 0.6 is 0 Å². The third-order valence-electron chi connectivity index (χ3n) is 11.8. The van der Waals surface area contributed by atoms with E-state index in [-0.39, 0.29) is 5.43 Å². The average Bonchev–Trinajstić information content (AvgIpc) is 4.06. The first-order valence-corrected chi connectivity index (χ1v) is 21.6. The number of aromatic nitrogens is 5. The third-order valence-corrected chi connectivity index (χ3v) is 11.8. The Morgan fingerprint density at radius 2 is 0.873 bits per heavy atom. The Bertz CT molecular complexity index is 3020. The van der Waals surface area contributed by atoms with Crippen LogP contribution in [0.1, 0.15) is 22.3 Å². The van der Waals surface area contributed by atoms with Crippen LogP contribution in [0.5, 0.6) is 0 Å². The van der Waals surface area contributed by atoms with Gasteiger partial charge in [-0.1, -0.05) is 127 Å². The van der Waals surface area contributed by atoms with Gasteiger partial charge in [0.1, 0.15) is 47.5 Å². The van der Waals surface area contributed by atoms with Crippen LogP contribution in [0.4, 0.5) is 0 Å². The van der Waals surface area contributed by atoms with E-state index in [0.29, 0.717) is 0 Å². The highest BCUT2D eigenvalue weighted by atomic mass is 16.1. The minimum absolute atomic E-state index is 0.00891. The highest BCUT2D eigenvalue weighted by molar-refractivity contribution is 5.84. The molecule has 7 aromatic carbocycles. The molecule has 63 heavy (non-hydrogen) atoms. The predicted octanol–water partition coefficient (Wildman–Crippen LogP) is 11.1. The van der Waals surface area contributed by atoms with Crippen molar-refractivity contribution in [3.05, 3.63) is 264 Å². The number of pyridine rings is 1. The lowest BCUT2D eigenvalue weighted by atomic mass is 9.90. The molecule has 0 fully saturated rings. The van der Waals surface area contributed by atoms with E-state index in [9.17, 15) is 4.79 Å². The number of hydrogen-bond acceptors (Lipinski definition) is 1. The van der Waals surface area contributed by atoms with Gasteiger partial charge in [0.25, 0.3) is 12.7 Å². The van der Waals surface area contributed by atoms with Crippen molar-refractivity contribution in [2.24, 2.45) is 0 Å². The molecule has 0 saturated heterocycles. The van der Waals surface area contributed by atoms with E-state index in [2.05, 4.69) is 224 Å². The fourth-order valence-electron chi connectivity index (χ4n) is 8.40. The molecule has 0 aliphatic heterocycles. The first-order valence-electron chi connectivity index (χ1n) is 21.6. The molecular formula is C57H47N5O+2. The molecule has 10 aromatic rings. The maximum absolute atomic E-state index is 12.1. The second-order valence-corrected chi connectivity index (χ2v) is 16.1. The fraction of sp³-hybridized carbons (Fsp3) is 0.0702. The van der Waals surface area contributed by atoms with E-state index >= 15 is 0 Å². The molecule has 0 saturated carbocycles. The molecule has 0 aliphatic carbocycles. The lowest BCUT2D eigenvalue weighted by Gasteiger charge is -2.15. The number of nitrogens with one attached hydrogen (secondary N) is 1. The van der Waals surface area contributed by atoms with Gasteiger partial charge >= 0.3 is 0 Å². The standard InChI is InChI=1S/C57H46N5O/c63-54-31-32-58-57(40-54)48-25-23-47(24-26-48)55-13-7-8-14-56(55)49-38-45(17-15-43-19-27-52(28-20-43)61-35-33-59(41-61)50-9-3-1-4-10-50)37-46(39-49)18-16-44-21-29-53(30-22-44)62-36-34-60(42-62)51-11-5-2-6-12-51/h1-14,19-42H,15-18H2/q+1/p+1. The molecule has 0 aliphatic rings.